The number of guanidine groups is 1. The molecule has 130 valence electrons. The monoisotopic (exact) mass is 442 g/mol. The highest BCUT2D eigenvalue weighted by atomic mass is 127. The molecule has 1 fully saturated rings. The van der Waals surface area contributed by atoms with Crippen molar-refractivity contribution >= 4 is 47.6 Å². The Morgan fingerprint density at radius 1 is 1.36 bits per heavy atom. The molecule has 22 heavy (non-hydrogen) atoms. The Labute approximate surface area is 156 Å². The van der Waals surface area contributed by atoms with Gasteiger partial charge < -0.3 is 15.5 Å². The molecule has 5 nitrogen and oxygen atoms in total. The first-order valence-electron chi connectivity index (χ1n) is 7.77. The fourth-order valence-electron chi connectivity index (χ4n) is 2.47. The minimum atomic E-state index is 0. The highest BCUT2D eigenvalue weighted by Crippen LogP contribution is 2.23. The van der Waals surface area contributed by atoms with Gasteiger partial charge in [0.15, 0.2) is 5.96 Å². The number of likely N-dealkylation sites (N-methyl/N-ethyl adjacent to an activating group) is 1. The van der Waals surface area contributed by atoms with Gasteiger partial charge in [-0.05, 0) is 25.0 Å². The molecule has 1 aliphatic carbocycles. The zero-order valence-corrected chi connectivity index (χ0v) is 17.4. The van der Waals surface area contributed by atoms with E-state index in [1.807, 2.05) is 0 Å². The van der Waals surface area contributed by atoms with Gasteiger partial charge in [0.1, 0.15) is 6.54 Å². The summed E-state index contributed by atoms with van der Waals surface area (Å²) in [4.78, 5) is 17.7. The van der Waals surface area contributed by atoms with Crippen molar-refractivity contribution in [2.75, 3.05) is 39.2 Å². The van der Waals surface area contributed by atoms with Gasteiger partial charge in [-0.15, -0.1) is 24.0 Å². The van der Waals surface area contributed by atoms with Gasteiger partial charge in [-0.1, -0.05) is 19.8 Å². The zero-order valence-electron chi connectivity index (χ0n) is 14.2. The van der Waals surface area contributed by atoms with Crippen LogP contribution in [-0.2, 0) is 4.79 Å². The quantitative estimate of drug-likeness (QED) is 0.287. The SMILES string of the molecule is CSCCNC(=NCC(=O)N(C)C)NC1CCCC(C)C1.I. The minimum absolute atomic E-state index is 0. The molecule has 2 atom stereocenters. The number of carbonyl (C=O) groups is 1. The van der Waals surface area contributed by atoms with Crippen LogP contribution in [0.25, 0.3) is 0 Å². The fourth-order valence-corrected chi connectivity index (χ4v) is 2.78. The number of thioether (sulfide) groups is 1. The lowest BCUT2D eigenvalue weighted by atomic mass is 9.87. The highest BCUT2D eigenvalue weighted by molar-refractivity contribution is 14.0. The van der Waals surface area contributed by atoms with Crippen LogP contribution < -0.4 is 10.6 Å². The van der Waals surface area contributed by atoms with Crippen LogP contribution in [0.4, 0.5) is 0 Å². The van der Waals surface area contributed by atoms with Gasteiger partial charge in [-0.25, -0.2) is 4.99 Å². The summed E-state index contributed by atoms with van der Waals surface area (Å²) in [5, 5.41) is 6.82. The second-order valence-electron chi connectivity index (χ2n) is 5.99. The average Bonchev–Trinajstić information content (AvgIpc) is 2.44. The van der Waals surface area contributed by atoms with Gasteiger partial charge in [0.05, 0.1) is 0 Å². The Kier molecular flexibility index (Phi) is 12.2. The first kappa shape index (κ1) is 21.8. The van der Waals surface area contributed by atoms with Gasteiger partial charge in [0, 0.05) is 32.4 Å². The van der Waals surface area contributed by atoms with Crippen LogP contribution in [0.5, 0.6) is 0 Å². The lowest BCUT2D eigenvalue weighted by molar-refractivity contribution is -0.127. The summed E-state index contributed by atoms with van der Waals surface area (Å²) < 4.78 is 0. The van der Waals surface area contributed by atoms with E-state index in [0.29, 0.717) is 6.04 Å². The Bertz CT molecular complexity index is 352. The van der Waals surface area contributed by atoms with Crippen molar-refractivity contribution in [3.63, 3.8) is 0 Å². The number of halogens is 1. The van der Waals surface area contributed by atoms with Crippen LogP contribution in [0.1, 0.15) is 32.6 Å². The lowest BCUT2D eigenvalue weighted by Gasteiger charge is -2.29. The van der Waals surface area contributed by atoms with E-state index in [0.717, 1.165) is 24.2 Å². The Balaban J connectivity index is 0.00000441. The Morgan fingerprint density at radius 3 is 2.68 bits per heavy atom. The van der Waals surface area contributed by atoms with E-state index in [-0.39, 0.29) is 36.4 Å². The van der Waals surface area contributed by atoms with Gasteiger partial charge in [0.25, 0.3) is 0 Å². The molecule has 1 amide bonds. The van der Waals surface area contributed by atoms with Gasteiger partial charge in [-0.3, -0.25) is 4.79 Å². The van der Waals surface area contributed by atoms with Crippen LogP contribution in [-0.4, -0.2) is 62.0 Å². The van der Waals surface area contributed by atoms with E-state index in [1.165, 1.54) is 25.7 Å². The van der Waals surface area contributed by atoms with Gasteiger partial charge in [-0.2, -0.15) is 11.8 Å². The molecule has 0 bridgehead atoms. The molecule has 2 N–H and O–H groups in total. The summed E-state index contributed by atoms with van der Waals surface area (Å²) in [6, 6.07) is 0.476. The molecule has 0 saturated heterocycles. The number of aliphatic imine (C=N–C) groups is 1. The van der Waals surface area contributed by atoms with Crippen molar-refractivity contribution in [1.29, 1.82) is 0 Å². The van der Waals surface area contributed by atoms with E-state index in [2.05, 4.69) is 28.8 Å². The standard InChI is InChI=1S/C15H30N4OS.HI/c1-12-6-5-7-13(10-12)18-15(16-8-9-21-4)17-11-14(20)19(2)3;/h12-13H,5-11H2,1-4H3,(H2,16,17,18);1H. The molecule has 0 aromatic rings. The topological polar surface area (TPSA) is 56.7 Å². The molecule has 0 aliphatic heterocycles. The van der Waals surface area contributed by atoms with Crippen LogP contribution in [0, 0.1) is 5.92 Å². The number of rotatable bonds is 6. The maximum absolute atomic E-state index is 11.7. The number of amides is 1. The predicted octanol–water partition coefficient (Wildman–Crippen LogP) is 2.17. The van der Waals surface area contributed by atoms with Crippen molar-refractivity contribution in [2.24, 2.45) is 10.9 Å². The third-order valence-corrected chi connectivity index (χ3v) is 4.36. The molecule has 1 saturated carbocycles. The summed E-state index contributed by atoms with van der Waals surface area (Å²) in [6.07, 6.45) is 7.06. The van der Waals surface area contributed by atoms with Crippen molar-refractivity contribution < 1.29 is 4.79 Å². The largest absolute Gasteiger partial charge is 0.356 e. The number of nitrogens with zero attached hydrogens (tertiary/aromatic N) is 2. The van der Waals surface area contributed by atoms with E-state index in [9.17, 15) is 4.79 Å². The number of hydrogen-bond donors (Lipinski definition) is 2. The fraction of sp³-hybridized carbons (Fsp3) is 0.867. The average molecular weight is 442 g/mol. The molecule has 0 aromatic heterocycles. The molecular formula is C15H31IN4OS. The number of carbonyl (C=O) groups excluding carboxylic acids is 1. The first-order valence-corrected chi connectivity index (χ1v) is 9.16. The van der Waals surface area contributed by atoms with Crippen molar-refractivity contribution in [2.45, 2.75) is 38.6 Å². The summed E-state index contributed by atoms with van der Waals surface area (Å²) in [6.45, 7) is 3.37. The highest BCUT2D eigenvalue weighted by Gasteiger charge is 2.19. The molecule has 0 radical (unpaired) electrons. The van der Waals surface area contributed by atoms with Crippen molar-refractivity contribution in [3.05, 3.63) is 0 Å². The second-order valence-corrected chi connectivity index (χ2v) is 6.97. The zero-order chi connectivity index (χ0) is 15.7. The van der Waals surface area contributed by atoms with Crippen LogP contribution in [0.3, 0.4) is 0 Å². The third kappa shape index (κ3) is 9.07. The normalized spacial score (nSPS) is 21.7. The molecule has 0 spiro atoms. The molecule has 1 rings (SSSR count). The number of nitrogens with one attached hydrogen (secondary N) is 2. The van der Waals surface area contributed by atoms with Crippen molar-refractivity contribution in [3.8, 4) is 0 Å². The summed E-state index contributed by atoms with van der Waals surface area (Å²) in [5.74, 6) is 2.60. The van der Waals surface area contributed by atoms with Gasteiger partial charge >= 0.3 is 0 Å². The lowest BCUT2D eigenvalue weighted by Crippen LogP contribution is -2.46. The Hall–Kier alpha value is -0.180. The number of hydrogen-bond acceptors (Lipinski definition) is 3. The molecule has 0 aromatic carbocycles. The molecule has 0 heterocycles. The third-order valence-electron chi connectivity index (χ3n) is 3.75. The van der Waals surface area contributed by atoms with E-state index < -0.39 is 0 Å². The van der Waals surface area contributed by atoms with Crippen LogP contribution in [0.2, 0.25) is 0 Å². The first-order chi connectivity index (χ1) is 10.0. The molecule has 7 heteroatoms. The summed E-state index contributed by atoms with van der Waals surface area (Å²) in [5.41, 5.74) is 0. The maximum atomic E-state index is 11.7. The maximum Gasteiger partial charge on any atom is 0.243 e. The Morgan fingerprint density at radius 2 is 2.09 bits per heavy atom. The predicted molar refractivity (Wildman–Crippen MR) is 107 cm³/mol. The smallest absolute Gasteiger partial charge is 0.243 e. The molecular weight excluding hydrogens is 411 g/mol. The van der Waals surface area contributed by atoms with Crippen LogP contribution in [0.15, 0.2) is 4.99 Å². The van der Waals surface area contributed by atoms with E-state index in [1.54, 1.807) is 30.8 Å². The second kappa shape index (κ2) is 12.3. The van der Waals surface area contributed by atoms with E-state index >= 15 is 0 Å². The molecule has 2 unspecified atom stereocenters. The van der Waals surface area contributed by atoms with Crippen molar-refractivity contribution in [1.82, 2.24) is 15.5 Å². The van der Waals surface area contributed by atoms with E-state index in [4.69, 9.17) is 0 Å². The minimum Gasteiger partial charge on any atom is -0.356 e. The van der Waals surface area contributed by atoms with Gasteiger partial charge in [0.2, 0.25) is 5.91 Å². The molecule has 1 aliphatic rings. The summed E-state index contributed by atoms with van der Waals surface area (Å²) >= 11 is 1.80. The van der Waals surface area contributed by atoms with Crippen LogP contribution >= 0.6 is 35.7 Å². The summed E-state index contributed by atoms with van der Waals surface area (Å²) in [7, 11) is 3.52.